The second-order valence-corrected chi connectivity index (χ2v) is 23.8. The monoisotopic (exact) mass is 1120 g/mol. The molecule has 5 heteroatoms. The Morgan fingerprint density at radius 1 is 0.403 bits per heavy atom. The van der Waals surface area contributed by atoms with E-state index in [1.54, 1.807) is 0 Å². The van der Waals surface area contributed by atoms with Crippen molar-refractivity contribution in [3.8, 4) is 44.9 Å². The second-order valence-electron chi connectivity index (χ2n) is 23.8. The third-order valence-corrected chi connectivity index (χ3v) is 14.8. The van der Waals surface area contributed by atoms with E-state index in [1.165, 1.54) is 54.8 Å². The number of hydrogen-bond acceptors (Lipinski definition) is 1. The van der Waals surface area contributed by atoms with Crippen LogP contribution in [0, 0.1) is 11.9 Å². The standard InChI is InChI=1S/C67H63FN3.Ir/c1-64(2,3)43-24-32-58-53(36-43)54-37-44(65(4,5)6)25-33-59(54)70(58)47-28-20-41(21-29-47)49-18-15-19-52(62(49)68)63-51-17-14-13-16-50(51)57(40-69-63)42-22-30-48(31-23-42)71-60-34-26-45(66(7,8)9)38-55(60)56-39-46(67(10,11)12)27-35-61(56)71;/h13-18,20-40H,1-12H3;/q-1;. The van der Waals surface area contributed by atoms with Gasteiger partial charge in [0.1, 0.15) is 0 Å². The number of benzene rings is 8. The molecule has 3 aromatic heterocycles. The van der Waals surface area contributed by atoms with Gasteiger partial charge in [-0.25, -0.2) is 0 Å². The van der Waals surface area contributed by atoms with E-state index in [0.717, 1.165) is 49.9 Å². The van der Waals surface area contributed by atoms with Crippen LogP contribution in [0.5, 0.6) is 0 Å². The molecule has 72 heavy (non-hydrogen) atoms. The van der Waals surface area contributed by atoms with Gasteiger partial charge in [-0.3, -0.25) is 4.39 Å². The minimum atomic E-state index is -0.341. The normalized spacial score (nSPS) is 12.7. The molecule has 11 rings (SSSR count). The van der Waals surface area contributed by atoms with Crippen LogP contribution in [0.3, 0.4) is 0 Å². The Morgan fingerprint density at radius 2 is 0.764 bits per heavy atom. The summed E-state index contributed by atoms with van der Waals surface area (Å²) in [7, 11) is 0. The van der Waals surface area contributed by atoms with Crippen LogP contribution in [0.15, 0.2) is 164 Å². The number of nitrogens with zero attached hydrogens (tertiary/aromatic N) is 3. The van der Waals surface area contributed by atoms with Gasteiger partial charge in [0.05, 0.1) is 22.1 Å². The molecule has 0 N–H and O–H groups in total. The molecule has 0 fully saturated rings. The summed E-state index contributed by atoms with van der Waals surface area (Å²) in [6.45, 7) is 27.3. The van der Waals surface area contributed by atoms with Crippen molar-refractivity contribution in [3.05, 3.63) is 198 Å². The molecule has 3 nitrogen and oxygen atoms in total. The maximum absolute atomic E-state index is 17.1. The van der Waals surface area contributed by atoms with Gasteiger partial charge in [-0.1, -0.05) is 167 Å². The van der Waals surface area contributed by atoms with Crippen LogP contribution < -0.4 is 0 Å². The summed E-state index contributed by atoms with van der Waals surface area (Å²) >= 11 is 0. The fourth-order valence-corrected chi connectivity index (χ4v) is 10.5. The van der Waals surface area contributed by atoms with Crippen molar-refractivity contribution in [2.24, 2.45) is 0 Å². The number of aromatic nitrogens is 3. The predicted molar refractivity (Wildman–Crippen MR) is 300 cm³/mol. The Kier molecular flexibility index (Phi) is 11.9. The summed E-state index contributed by atoms with van der Waals surface area (Å²) in [5.74, 6) is -0.341. The molecule has 1 radical (unpaired) electrons. The van der Waals surface area contributed by atoms with E-state index < -0.39 is 0 Å². The van der Waals surface area contributed by atoms with Crippen LogP contribution >= 0.6 is 0 Å². The molecule has 0 amide bonds. The van der Waals surface area contributed by atoms with Gasteiger partial charge in [0, 0.05) is 70.6 Å². The number of halogens is 1. The molecule has 0 saturated heterocycles. The van der Waals surface area contributed by atoms with Gasteiger partial charge >= 0.3 is 0 Å². The van der Waals surface area contributed by atoms with Crippen molar-refractivity contribution in [1.29, 1.82) is 0 Å². The Balaban J connectivity index is 0.00000596. The van der Waals surface area contributed by atoms with Crippen LogP contribution in [-0.4, -0.2) is 14.1 Å². The molecular formula is C67H63FIrN3-. The average molecular weight is 1120 g/mol. The first-order valence-electron chi connectivity index (χ1n) is 25.1. The summed E-state index contributed by atoms with van der Waals surface area (Å²) in [6.07, 6.45) is 1.89. The zero-order valence-corrected chi connectivity index (χ0v) is 46.0. The van der Waals surface area contributed by atoms with E-state index >= 15 is 4.39 Å². The predicted octanol–water partition coefficient (Wildman–Crippen LogP) is 18.6. The maximum atomic E-state index is 17.1. The fourth-order valence-electron chi connectivity index (χ4n) is 10.5. The first-order valence-corrected chi connectivity index (χ1v) is 25.1. The molecule has 8 aromatic carbocycles. The average Bonchev–Trinajstić information content (AvgIpc) is 3.84. The minimum absolute atomic E-state index is 0. The van der Waals surface area contributed by atoms with Gasteiger partial charge in [-0.15, -0.1) is 18.2 Å². The van der Waals surface area contributed by atoms with E-state index in [1.807, 2.05) is 48.7 Å². The van der Waals surface area contributed by atoms with Crippen molar-refractivity contribution < 1.29 is 24.5 Å². The van der Waals surface area contributed by atoms with Crippen LogP contribution in [0.2, 0.25) is 0 Å². The van der Waals surface area contributed by atoms with Crippen molar-refractivity contribution in [2.45, 2.75) is 105 Å². The van der Waals surface area contributed by atoms with Gasteiger partial charge in [0.25, 0.3) is 0 Å². The van der Waals surface area contributed by atoms with E-state index in [4.69, 9.17) is 4.98 Å². The third kappa shape index (κ3) is 8.39. The first kappa shape index (κ1) is 49.0. The van der Waals surface area contributed by atoms with Crippen molar-refractivity contribution in [3.63, 3.8) is 0 Å². The molecule has 0 spiro atoms. The molecule has 0 unspecified atom stereocenters. The zero-order valence-electron chi connectivity index (χ0n) is 43.6. The Morgan fingerprint density at radius 3 is 1.14 bits per heavy atom. The number of fused-ring (bicyclic) bond motifs is 7. The van der Waals surface area contributed by atoms with Crippen LogP contribution in [0.1, 0.15) is 105 Å². The van der Waals surface area contributed by atoms with Gasteiger partial charge in [0.2, 0.25) is 0 Å². The van der Waals surface area contributed by atoms with Crippen LogP contribution in [0.25, 0.3) is 99.3 Å². The van der Waals surface area contributed by atoms with Gasteiger partial charge in [-0.05, 0) is 144 Å². The topological polar surface area (TPSA) is 22.8 Å². The maximum Gasteiger partial charge on any atom is 0.0541 e. The summed E-state index contributed by atoms with van der Waals surface area (Å²) in [6, 6.07) is 59.8. The third-order valence-electron chi connectivity index (χ3n) is 14.8. The van der Waals surface area contributed by atoms with Crippen molar-refractivity contribution in [1.82, 2.24) is 14.1 Å². The second kappa shape index (κ2) is 17.5. The minimum Gasteiger partial charge on any atom is -0.309 e. The number of pyridine rings is 1. The summed E-state index contributed by atoms with van der Waals surface area (Å²) < 4.78 is 21.9. The Bertz CT molecular complexity index is 3750. The molecule has 0 bridgehead atoms. The fraction of sp³-hybridized carbons (Fsp3) is 0.239. The quantitative estimate of drug-likeness (QED) is 0.158. The van der Waals surface area contributed by atoms with E-state index in [2.05, 4.69) is 214 Å². The number of hydrogen-bond donors (Lipinski definition) is 0. The van der Waals surface area contributed by atoms with E-state index in [0.29, 0.717) is 16.8 Å². The first-order chi connectivity index (χ1) is 33.6. The molecule has 0 aliphatic carbocycles. The molecule has 0 aliphatic rings. The van der Waals surface area contributed by atoms with Crippen molar-refractivity contribution >= 4 is 54.4 Å². The van der Waals surface area contributed by atoms with Gasteiger partial charge in [0.15, 0.2) is 0 Å². The molecular weight excluding hydrogens is 1060 g/mol. The SMILES string of the molecule is CC(C)(C)c1ccc2c(c1)c1cc(C(C)(C)C)ccc1n2-c1ccc(-c2cc[c-]c(-c3ncc(-c4ccc(-n5c6ccc(C(C)(C)C)cc6c6cc(C(C)(C)C)ccc65)cc4)c4ccccc34)c2F)cc1.[Ir]. The summed E-state index contributed by atoms with van der Waals surface area (Å²) in [5, 5.41) is 6.89. The summed E-state index contributed by atoms with van der Waals surface area (Å²) in [5.41, 5.74) is 16.4. The Labute approximate surface area is 438 Å². The zero-order chi connectivity index (χ0) is 49.9. The van der Waals surface area contributed by atoms with Crippen LogP contribution in [-0.2, 0) is 41.8 Å². The Hall–Kier alpha value is -6.65. The largest absolute Gasteiger partial charge is 0.309 e. The van der Waals surface area contributed by atoms with Gasteiger partial charge < -0.3 is 14.1 Å². The molecule has 0 atom stereocenters. The molecule has 0 aliphatic heterocycles. The van der Waals surface area contributed by atoms with Gasteiger partial charge in [-0.2, -0.15) is 0 Å². The number of rotatable bonds is 5. The molecule has 363 valence electrons. The molecule has 0 saturated carbocycles. The molecule has 3 heterocycles. The van der Waals surface area contributed by atoms with Crippen molar-refractivity contribution in [2.75, 3.05) is 0 Å². The summed E-state index contributed by atoms with van der Waals surface area (Å²) in [4.78, 5) is 5.03. The van der Waals surface area contributed by atoms with Crippen LogP contribution in [0.4, 0.5) is 4.39 Å². The van der Waals surface area contributed by atoms with E-state index in [9.17, 15) is 0 Å². The molecule has 11 aromatic rings. The smallest absolute Gasteiger partial charge is 0.0541 e. The van der Waals surface area contributed by atoms with E-state index in [-0.39, 0.29) is 47.6 Å².